The van der Waals surface area contributed by atoms with Crippen LogP contribution in [0.15, 0.2) is 59.2 Å². The first-order valence-electron chi connectivity index (χ1n) is 7.10. The van der Waals surface area contributed by atoms with E-state index in [4.69, 9.17) is 9.47 Å². The Hall–Kier alpha value is -3.08. The predicted molar refractivity (Wildman–Crippen MR) is 88.8 cm³/mol. The average molecular weight is 308 g/mol. The van der Waals surface area contributed by atoms with Gasteiger partial charge in [0.05, 0.1) is 31.2 Å². The van der Waals surface area contributed by atoms with Crippen LogP contribution in [0.1, 0.15) is 21.6 Å². The highest BCUT2D eigenvalue weighted by Gasteiger charge is 2.15. The molecule has 2 heterocycles. The third-order valence-electron chi connectivity index (χ3n) is 3.55. The van der Waals surface area contributed by atoms with Gasteiger partial charge >= 0.3 is 5.97 Å². The number of H-pyrrole nitrogens is 1. The number of aromatic amines is 1. The van der Waals surface area contributed by atoms with E-state index in [0.29, 0.717) is 11.4 Å². The van der Waals surface area contributed by atoms with Gasteiger partial charge < -0.3 is 14.5 Å². The topological polar surface area (TPSA) is 63.7 Å². The Labute approximate surface area is 134 Å². The lowest BCUT2D eigenvalue weighted by atomic mass is 9.99. The third kappa shape index (κ3) is 2.94. The number of ether oxygens (including phenoxy) is 2. The molecule has 23 heavy (non-hydrogen) atoms. The highest BCUT2D eigenvalue weighted by Crippen LogP contribution is 2.30. The lowest BCUT2D eigenvalue weighted by Gasteiger charge is -2.09. The molecule has 2 aromatic rings. The third-order valence-corrected chi connectivity index (χ3v) is 3.55. The van der Waals surface area contributed by atoms with Gasteiger partial charge in [-0.05, 0) is 35.9 Å². The first-order valence-corrected chi connectivity index (χ1v) is 7.10. The van der Waals surface area contributed by atoms with Crippen molar-refractivity contribution in [3.05, 3.63) is 71.1 Å². The number of hydrogen-bond donors (Lipinski definition) is 1. The zero-order chi connectivity index (χ0) is 16.2. The molecule has 1 aromatic heterocycles. The quantitative estimate of drug-likeness (QED) is 0.882. The normalized spacial score (nSPS) is 14.9. The summed E-state index contributed by atoms with van der Waals surface area (Å²) in [4.78, 5) is 19.2. The van der Waals surface area contributed by atoms with Gasteiger partial charge in [0.25, 0.3) is 0 Å². The first kappa shape index (κ1) is 14.8. The molecule has 5 heteroatoms. The number of aliphatic imine (C=N–C) groups is 1. The van der Waals surface area contributed by atoms with Crippen LogP contribution in [-0.2, 0) is 4.74 Å². The van der Waals surface area contributed by atoms with E-state index in [9.17, 15) is 4.79 Å². The Morgan fingerprint density at radius 2 is 1.78 bits per heavy atom. The van der Waals surface area contributed by atoms with Crippen LogP contribution in [0.2, 0.25) is 0 Å². The van der Waals surface area contributed by atoms with Crippen LogP contribution in [0.5, 0.6) is 5.88 Å². The molecule has 0 spiro atoms. The number of aromatic nitrogens is 1. The Morgan fingerprint density at radius 3 is 2.35 bits per heavy atom. The summed E-state index contributed by atoms with van der Waals surface area (Å²) >= 11 is 0. The summed E-state index contributed by atoms with van der Waals surface area (Å²) in [5.74, 6) is 0.321. The number of benzene rings is 1. The van der Waals surface area contributed by atoms with E-state index in [1.807, 2.05) is 36.4 Å². The molecule has 0 saturated carbocycles. The van der Waals surface area contributed by atoms with E-state index < -0.39 is 0 Å². The summed E-state index contributed by atoms with van der Waals surface area (Å²) in [5, 5.41) is 0. The van der Waals surface area contributed by atoms with Crippen LogP contribution in [-0.4, -0.2) is 31.4 Å². The number of nitrogens with one attached hydrogen (secondary N) is 1. The fourth-order valence-electron chi connectivity index (χ4n) is 2.42. The maximum Gasteiger partial charge on any atom is 0.337 e. The number of carbonyl (C=O) groups is 1. The molecule has 0 bridgehead atoms. The monoisotopic (exact) mass is 308 g/mol. The molecule has 0 amide bonds. The average Bonchev–Trinajstić information content (AvgIpc) is 3.27. The molecule has 1 aromatic carbocycles. The second-order valence-electron chi connectivity index (χ2n) is 4.91. The van der Waals surface area contributed by atoms with E-state index in [1.165, 1.54) is 7.11 Å². The zero-order valence-electron chi connectivity index (χ0n) is 12.9. The number of hydrogen-bond acceptors (Lipinski definition) is 4. The van der Waals surface area contributed by atoms with Gasteiger partial charge in [0.15, 0.2) is 5.88 Å². The van der Waals surface area contributed by atoms with Crippen molar-refractivity contribution in [2.24, 2.45) is 4.99 Å². The van der Waals surface area contributed by atoms with Crippen molar-refractivity contribution in [3.63, 3.8) is 0 Å². The van der Waals surface area contributed by atoms with Gasteiger partial charge in [-0.2, -0.15) is 0 Å². The van der Waals surface area contributed by atoms with Crippen LogP contribution in [0.3, 0.4) is 0 Å². The van der Waals surface area contributed by atoms with E-state index in [0.717, 1.165) is 22.5 Å². The van der Waals surface area contributed by atoms with Gasteiger partial charge in [-0.3, -0.25) is 4.99 Å². The smallest absolute Gasteiger partial charge is 0.337 e. The van der Waals surface area contributed by atoms with E-state index in [2.05, 4.69) is 9.98 Å². The van der Waals surface area contributed by atoms with E-state index in [1.54, 1.807) is 25.5 Å². The van der Waals surface area contributed by atoms with Gasteiger partial charge in [-0.25, -0.2) is 4.79 Å². The highest BCUT2D eigenvalue weighted by molar-refractivity contribution is 5.91. The minimum absolute atomic E-state index is 0.355. The first-order chi connectivity index (χ1) is 11.2. The zero-order valence-corrected chi connectivity index (χ0v) is 12.9. The lowest BCUT2D eigenvalue weighted by Crippen LogP contribution is -2.01. The fourth-order valence-corrected chi connectivity index (χ4v) is 2.42. The van der Waals surface area contributed by atoms with Gasteiger partial charge in [0.1, 0.15) is 0 Å². The van der Waals surface area contributed by atoms with Crippen molar-refractivity contribution in [1.29, 1.82) is 0 Å². The molecule has 1 aliphatic heterocycles. The lowest BCUT2D eigenvalue weighted by molar-refractivity contribution is 0.0600. The standard InChI is InChI=1S/C18H16N2O3/c1-22-16-10-9-15(20-16)17(14-4-3-11-19-14)12-5-7-13(8-6-12)18(21)23-2/h3-11,20H,1-2H3/b17-14-. The van der Waals surface area contributed by atoms with Crippen LogP contribution in [0.25, 0.3) is 5.57 Å². The van der Waals surface area contributed by atoms with Gasteiger partial charge in [0, 0.05) is 17.9 Å². The van der Waals surface area contributed by atoms with Crippen LogP contribution >= 0.6 is 0 Å². The van der Waals surface area contributed by atoms with Gasteiger partial charge in [-0.15, -0.1) is 0 Å². The summed E-state index contributed by atoms with van der Waals surface area (Å²) in [7, 11) is 2.98. The summed E-state index contributed by atoms with van der Waals surface area (Å²) in [6.07, 6.45) is 5.58. The van der Waals surface area contributed by atoms with Crippen molar-refractivity contribution in [3.8, 4) is 5.88 Å². The Balaban J connectivity index is 2.06. The van der Waals surface area contributed by atoms with Crippen LogP contribution < -0.4 is 4.74 Å². The summed E-state index contributed by atoms with van der Waals surface area (Å²) in [5.41, 5.74) is 4.14. The number of methoxy groups -OCH3 is 2. The molecule has 116 valence electrons. The van der Waals surface area contributed by atoms with Crippen molar-refractivity contribution in [2.75, 3.05) is 14.2 Å². The number of allylic oxidation sites excluding steroid dienone is 2. The predicted octanol–water partition coefficient (Wildman–Crippen LogP) is 3.21. The Kier molecular flexibility index (Phi) is 4.10. The van der Waals surface area contributed by atoms with Crippen molar-refractivity contribution in [2.45, 2.75) is 0 Å². The highest BCUT2D eigenvalue weighted by atomic mass is 16.5. The molecule has 5 nitrogen and oxygen atoms in total. The molecule has 0 fully saturated rings. The summed E-state index contributed by atoms with van der Waals surface area (Å²) in [6, 6.07) is 11.0. The maximum absolute atomic E-state index is 11.6. The minimum atomic E-state index is -0.355. The molecule has 3 rings (SSSR count). The molecular formula is C18H16N2O3. The minimum Gasteiger partial charge on any atom is -0.482 e. The number of esters is 1. The van der Waals surface area contributed by atoms with E-state index >= 15 is 0 Å². The Bertz CT molecular complexity index is 797. The summed E-state index contributed by atoms with van der Waals surface area (Å²) in [6.45, 7) is 0. The largest absolute Gasteiger partial charge is 0.482 e. The van der Waals surface area contributed by atoms with Gasteiger partial charge in [-0.1, -0.05) is 12.1 Å². The van der Waals surface area contributed by atoms with Crippen molar-refractivity contribution in [1.82, 2.24) is 4.98 Å². The number of rotatable bonds is 4. The van der Waals surface area contributed by atoms with Crippen molar-refractivity contribution >= 4 is 17.8 Å². The molecule has 1 aliphatic rings. The molecule has 0 aliphatic carbocycles. The SMILES string of the molecule is COC(=O)c1ccc(/C(=C2\C=CC=N2)c2ccc(OC)[nH]2)cc1. The maximum atomic E-state index is 11.6. The fraction of sp³-hybridized carbons (Fsp3) is 0.111. The molecule has 0 radical (unpaired) electrons. The second kappa shape index (κ2) is 6.36. The van der Waals surface area contributed by atoms with Crippen molar-refractivity contribution < 1.29 is 14.3 Å². The molecular weight excluding hydrogens is 292 g/mol. The van der Waals surface area contributed by atoms with E-state index in [-0.39, 0.29) is 5.97 Å². The van der Waals surface area contributed by atoms with Crippen LogP contribution in [0.4, 0.5) is 0 Å². The second-order valence-corrected chi connectivity index (χ2v) is 4.91. The molecule has 0 unspecified atom stereocenters. The number of carbonyl (C=O) groups excluding carboxylic acids is 1. The van der Waals surface area contributed by atoms with Gasteiger partial charge in [0.2, 0.25) is 0 Å². The number of nitrogens with zero attached hydrogens (tertiary/aromatic N) is 1. The summed E-state index contributed by atoms with van der Waals surface area (Å²) < 4.78 is 9.94. The molecule has 1 N–H and O–H groups in total. The molecule has 0 atom stereocenters. The Morgan fingerprint density at radius 1 is 1.04 bits per heavy atom. The molecule has 0 saturated heterocycles. The van der Waals surface area contributed by atoms with Crippen LogP contribution in [0, 0.1) is 0 Å².